The molecule has 1 amide bonds. The second-order valence-electron chi connectivity index (χ2n) is 5.47. The van der Waals surface area contributed by atoms with Crippen molar-refractivity contribution in [3.63, 3.8) is 0 Å². The number of amides is 1. The molecule has 0 aliphatic carbocycles. The van der Waals surface area contributed by atoms with E-state index in [1.165, 1.54) is 13.0 Å². The van der Waals surface area contributed by atoms with E-state index >= 15 is 0 Å². The third kappa shape index (κ3) is 4.92. The summed E-state index contributed by atoms with van der Waals surface area (Å²) in [6.45, 7) is 6.65. The van der Waals surface area contributed by atoms with Gasteiger partial charge in [-0.1, -0.05) is 6.07 Å². The highest BCUT2D eigenvalue weighted by molar-refractivity contribution is 7.89. The number of anilines is 1. The number of aryl methyl sites for hydroxylation is 1. The first-order valence-corrected chi connectivity index (χ1v) is 7.66. The van der Waals surface area contributed by atoms with Crippen LogP contribution in [-0.2, 0) is 14.8 Å². The normalized spacial score (nSPS) is 12.2. The first-order valence-electron chi connectivity index (χ1n) is 6.18. The van der Waals surface area contributed by atoms with Gasteiger partial charge in [-0.3, -0.25) is 4.79 Å². The van der Waals surface area contributed by atoms with Crippen molar-refractivity contribution in [3.8, 4) is 0 Å². The van der Waals surface area contributed by atoms with E-state index in [0.29, 0.717) is 11.3 Å². The monoisotopic (exact) mass is 299 g/mol. The molecule has 6 nitrogen and oxygen atoms in total. The summed E-state index contributed by atoms with van der Waals surface area (Å²) in [7, 11) is -3.66. The Morgan fingerprint density at radius 2 is 1.95 bits per heavy atom. The molecular weight excluding hydrogens is 278 g/mol. The molecule has 0 saturated carbocycles. The second kappa shape index (κ2) is 5.90. The predicted molar refractivity (Wildman–Crippen MR) is 78.9 cm³/mol. The van der Waals surface area contributed by atoms with Crippen molar-refractivity contribution in [1.29, 1.82) is 0 Å². The van der Waals surface area contributed by atoms with Crippen molar-refractivity contribution < 1.29 is 13.2 Å². The molecule has 0 aliphatic heterocycles. The lowest BCUT2D eigenvalue weighted by atomic mass is 10.1. The molecule has 0 atom stereocenters. The van der Waals surface area contributed by atoms with Gasteiger partial charge in [-0.2, -0.15) is 0 Å². The molecule has 0 radical (unpaired) electrons. The van der Waals surface area contributed by atoms with E-state index in [4.69, 9.17) is 5.73 Å². The Morgan fingerprint density at radius 1 is 1.35 bits per heavy atom. The molecule has 0 unspecified atom stereocenters. The van der Waals surface area contributed by atoms with Gasteiger partial charge in [0.15, 0.2) is 0 Å². The third-order valence-electron chi connectivity index (χ3n) is 2.52. The Morgan fingerprint density at radius 3 is 2.45 bits per heavy atom. The Balaban J connectivity index is 3.07. The highest BCUT2D eigenvalue weighted by Gasteiger charge is 2.20. The Kier molecular flexibility index (Phi) is 4.90. The average Bonchev–Trinajstić information content (AvgIpc) is 2.27. The van der Waals surface area contributed by atoms with Crippen molar-refractivity contribution in [2.24, 2.45) is 5.73 Å². The van der Waals surface area contributed by atoms with Crippen molar-refractivity contribution >= 4 is 21.6 Å². The van der Waals surface area contributed by atoms with Gasteiger partial charge < -0.3 is 11.1 Å². The molecule has 0 saturated heterocycles. The standard InChI is InChI=1S/C13H21N3O3S/c1-9-5-6-11(16-10(2)17)7-12(9)20(18,19)15-8-13(3,4)14/h5-7,15H,8,14H2,1-4H3,(H,16,17). The van der Waals surface area contributed by atoms with Crippen LogP contribution in [0.2, 0.25) is 0 Å². The van der Waals surface area contributed by atoms with Gasteiger partial charge in [0.2, 0.25) is 15.9 Å². The molecule has 1 aromatic carbocycles. The van der Waals surface area contributed by atoms with E-state index in [1.807, 2.05) is 0 Å². The number of benzene rings is 1. The maximum atomic E-state index is 12.3. The molecule has 112 valence electrons. The summed E-state index contributed by atoms with van der Waals surface area (Å²) in [5.74, 6) is -0.256. The molecule has 0 heterocycles. The van der Waals surface area contributed by atoms with Crippen molar-refractivity contribution in [2.75, 3.05) is 11.9 Å². The van der Waals surface area contributed by atoms with Gasteiger partial charge >= 0.3 is 0 Å². The summed E-state index contributed by atoms with van der Waals surface area (Å²) >= 11 is 0. The van der Waals surface area contributed by atoms with Crippen LogP contribution in [0.25, 0.3) is 0 Å². The topological polar surface area (TPSA) is 101 Å². The molecular formula is C13H21N3O3S. The molecule has 0 fully saturated rings. The molecule has 0 bridgehead atoms. The van der Waals surface area contributed by atoms with Crippen LogP contribution in [0.4, 0.5) is 5.69 Å². The van der Waals surface area contributed by atoms with Gasteiger partial charge in [-0.05, 0) is 38.5 Å². The Hall–Kier alpha value is -1.44. The van der Waals surface area contributed by atoms with Crippen molar-refractivity contribution in [1.82, 2.24) is 4.72 Å². The highest BCUT2D eigenvalue weighted by atomic mass is 32.2. The van der Waals surface area contributed by atoms with Gasteiger partial charge in [0.05, 0.1) is 4.90 Å². The van der Waals surface area contributed by atoms with Crippen molar-refractivity contribution in [2.45, 2.75) is 38.1 Å². The van der Waals surface area contributed by atoms with Gasteiger partial charge in [0.25, 0.3) is 0 Å². The number of sulfonamides is 1. The fourth-order valence-corrected chi connectivity index (χ4v) is 3.02. The number of nitrogens with one attached hydrogen (secondary N) is 2. The zero-order chi connectivity index (χ0) is 15.6. The second-order valence-corrected chi connectivity index (χ2v) is 7.21. The van der Waals surface area contributed by atoms with Crippen LogP contribution in [0.15, 0.2) is 23.1 Å². The van der Waals surface area contributed by atoms with Crippen molar-refractivity contribution in [3.05, 3.63) is 23.8 Å². The van der Waals surface area contributed by atoms with Crippen LogP contribution in [0.1, 0.15) is 26.3 Å². The van der Waals surface area contributed by atoms with Crippen LogP contribution >= 0.6 is 0 Å². The van der Waals surface area contributed by atoms with Gasteiger partial charge in [0.1, 0.15) is 0 Å². The average molecular weight is 299 g/mol. The molecule has 1 rings (SSSR count). The summed E-state index contributed by atoms with van der Waals surface area (Å²) in [6.07, 6.45) is 0. The molecule has 4 N–H and O–H groups in total. The van der Waals surface area contributed by atoms with Gasteiger partial charge in [-0.25, -0.2) is 13.1 Å². The number of rotatable bonds is 5. The third-order valence-corrected chi connectivity index (χ3v) is 4.06. The van der Waals surface area contributed by atoms with Gasteiger partial charge in [0, 0.05) is 24.7 Å². The molecule has 0 aromatic heterocycles. The minimum atomic E-state index is -3.66. The number of nitrogens with two attached hydrogens (primary N) is 1. The number of carbonyl (C=O) groups is 1. The molecule has 0 spiro atoms. The lowest BCUT2D eigenvalue weighted by Crippen LogP contribution is -2.45. The lowest BCUT2D eigenvalue weighted by Gasteiger charge is -2.19. The van der Waals surface area contributed by atoms with E-state index in [1.54, 1.807) is 32.9 Å². The summed E-state index contributed by atoms with van der Waals surface area (Å²) in [5.41, 5.74) is 6.17. The molecule has 7 heteroatoms. The zero-order valence-corrected chi connectivity index (χ0v) is 13.0. The lowest BCUT2D eigenvalue weighted by molar-refractivity contribution is -0.114. The zero-order valence-electron chi connectivity index (χ0n) is 12.1. The van der Waals surface area contributed by atoms with E-state index < -0.39 is 15.6 Å². The van der Waals surface area contributed by atoms with Gasteiger partial charge in [-0.15, -0.1) is 0 Å². The summed E-state index contributed by atoms with van der Waals surface area (Å²) in [6, 6.07) is 4.73. The van der Waals surface area contributed by atoms with Crippen LogP contribution in [0.5, 0.6) is 0 Å². The van der Waals surface area contributed by atoms with E-state index in [-0.39, 0.29) is 17.3 Å². The summed E-state index contributed by atoms with van der Waals surface area (Å²) in [5, 5.41) is 2.56. The van der Waals surface area contributed by atoms with E-state index in [9.17, 15) is 13.2 Å². The number of carbonyl (C=O) groups excluding carboxylic acids is 1. The SMILES string of the molecule is CC(=O)Nc1ccc(C)c(S(=O)(=O)NCC(C)(C)N)c1. The van der Waals surface area contributed by atoms with Crippen LogP contribution in [0.3, 0.4) is 0 Å². The Labute approximate surface area is 119 Å². The minimum Gasteiger partial charge on any atom is -0.326 e. The first-order chi connectivity index (χ1) is 9.01. The molecule has 0 aliphatic rings. The summed E-state index contributed by atoms with van der Waals surface area (Å²) < 4.78 is 27.0. The quantitative estimate of drug-likeness (QED) is 0.754. The van der Waals surface area contributed by atoms with Crippen LogP contribution < -0.4 is 15.8 Å². The number of hydrogen-bond donors (Lipinski definition) is 3. The Bertz CT molecular complexity index is 604. The maximum Gasteiger partial charge on any atom is 0.240 e. The van der Waals surface area contributed by atoms with E-state index in [2.05, 4.69) is 10.0 Å². The maximum absolute atomic E-state index is 12.3. The van der Waals surface area contributed by atoms with E-state index in [0.717, 1.165) is 0 Å². The smallest absolute Gasteiger partial charge is 0.240 e. The largest absolute Gasteiger partial charge is 0.326 e. The highest BCUT2D eigenvalue weighted by Crippen LogP contribution is 2.20. The predicted octanol–water partition coefficient (Wildman–Crippen LogP) is 0.969. The van der Waals surface area contributed by atoms with Crippen LogP contribution in [-0.4, -0.2) is 26.4 Å². The molecule has 1 aromatic rings. The fraction of sp³-hybridized carbons (Fsp3) is 0.462. The van der Waals surface area contributed by atoms with Crippen LogP contribution in [0, 0.1) is 6.92 Å². The minimum absolute atomic E-state index is 0.124. The number of hydrogen-bond acceptors (Lipinski definition) is 4. The summed E-state index contributed by atoms with van der Waals surface area (Å²) in [4.78, 5) is 11.2. The molecule has 20 heavy (non-hydrogen) atoms. The first kappa shape index (κ1) is 16.6. The fourth-order valence-electron chi connectivity index (χ4n) is 1.53.